The Morgan fingerprint density at radius 1 is 1.35 bits per heavy atom. The highest BCUT2D eigenvalue weighted by atomic mass is 16.7. The number of aryl methyl sites for hydroxylation is 1. The van der Waals surface area contributed by atoms with Crippen LogP contribution in [-0.4, -0.2) is 35.1 Å². The molecule has 0 aliphatic rings. The minimum Gasteiger partial charge on any atom is -0.346 e. The quantitative estimate of drug-likeness (QED) is 0.645. The van der Waals surface area contributed by atoms with Crippen LogP contribution in [0, 0.1) is 0 Å². The van der Waals surface area contributed by atoms with Gasteiger partial charge >= 0.3 is 0 Å². The topological polar surface area (TPSA) is 53.4 Å². The number of carbonyl (C=O) groups excluding carboxylic acids is 1. The van der Waals surface area contributed by atoms with E-state index < -0.39 is 6.29 Å². The largest absolute Gasteiger partial charge is 0.346 e. The summed E-state index contributed by atoms with van der Waals surface area (Å²) in [7, 11) is 0. The summed E-state index contributed by atoms with van der Waals surface area (Å²) in [5.41, 5.74) is 0.890. The molecule has 5 nitrogen and oxygen atoms in total. The Labute approximate surface area is 102 Å². The fraction of sp³-hybridized carbons (Fsp3) is 0.667. The van der Waals surface area contributed by atoms with Crippen molar-refractivity contribution in [3.8, 4) is 0 Å². The fourth-order valence-electron chi connectivity index (χ4n) is 1.49. The van der Waals surface area contributed by atoms with Crippen molar-refractivity contribution in [3.05, 3.63) is 18.0 Å². The van der Waals surface area contributed by atoms with Crippen LogP contribution in [0.2, 0.25) is 0 Å². The molecule has 0 fully saturated rings. The number of ether oxygens (including phenoxy) is 2. The Morgan fingerprint density at radius 3 is 2.47 bits per heavy atom. The number of ketones is 1. The number of hydrogen-bond donors (Lipinski definition) is 0. The molecule has 0 saturated heterocycles. The summed E-state index contributed by atoms with van der Waals surface area (Å²) in [4.78, 5) is 11.9. The van der Waals surface area contributed by atoms with Gasteiger partial charge in [-0.05, 0) is 26.3 Å². The van der Waals surface area contributed by atoms with Gasteiger partial charge in [-0.3, -0.25) is 9.48 Å². The average Bonchev–Trinajstić information content (AvgIpc) is 2.76. The normalized spacial score (nSPS) is 11.1. The highest BCUT2D eigenvalue weighted by Crippen LogP contribution is 2.05. The molecule has 1 aromatic heterocycles. The average molecular weight is 240 g/mol. The first-order valence-electron chi connectivity index (χ1n) is 5.98. The molecule has 96 valence electrons. The zero-order chi connectivity index (χ0) is 12.7. The van der Waals surface area contributed by atoms with Crippen LogP contribution in [0.4, 0.5) is 0 Å². The van der Waals surface area contributed by atoms with E-state index in [9.17, 15) is 4.79 Å². The van der Waals surface area contributed by atoms with E-state index in [4.69, 9.17) is 9.47 Å². The molecule has 5 heteroatoms. The molecule has 0 atom stereocenters. The number of carbonyl (C=O) groups is 1. The van der Waals surface area contributed by atoms with Gasteiger partial charge in [0.05, 0.1) is 6.20 Å². The van der Waals surface area contributed by atoms with Crippen molar-refractivity contribution >= 4 is 5.78 Å². The first kappa shape index (κ1) is 13.9. The van der Waals surface area contributed by atoms with Gasteiger partial charge in [0.2, 0.25) is 6.29 Å². The fourth-order valence-corrected chi connectivity index (χ4v) is 1.49. The smallest absolute Gasteiger partial charge is 0.218 e. The van der Waals surface area contributed by atoms with Crippen molar-refractivity contribution in [1.29, 1.82) is 0 Å². The van der Waals surface area contributed by atoms with Crippen LogP contribution in [0.1, 0.15) is 26.3 Å². The van der Waals surface area contributed by atoms with Crippen molar-refractivity contribution in [2.45, 2.75) is 40.0 Å². The molecule has 0 amide bonds. The van der Waals surface area contributed by atoms with E-state index in [1.807, 2.05) is 27.0 Å². The van der Waals surface area contributed by atoms with E-state index in [0.29, 0.717) is 19.6 Å². The van der Waals surface area contributed by atoms with Crippen molar-refractivity contribution in [2.24, 2.45) is 0 Å². The van der Waals surface area contributed by atoms with Crippen LogP contribution in [0.5, 0.6) is 0 Å². The van der Waals surface area contributed by atoms with Crippen LogP contribution in [0.15, 0.2) is 12.4 Å². The molecule has 0 spiro atoms. The van der Waals surface area contributed by atoms with Crippen molar-refractivity contribution in [3.63, 3.8) is 0 Å². The molecule has 17 heavy (non-hydrogen) atoms. The first-order valence-corrected chi connectivity index (χ1v) is 5.98. The van der Waals surface area contributed by atoms with Gasteiger partial charge in [0.1, 0.15) is 0 Å². The van der Waals surface area contributed by atoms with Gasteiger partial charge in [0.25, 0.3) is 0 Å². The molecular formula is C12H20N2O3. The lowest BCUT2D eigenvalue weighted by Crippen LogP contribution is -2.29. The van der Waals surface area contributed by atoms with Crippen molar-refractivity contribution in [1.82, 2.24) is 9.78 Å². The van der Waals surface area contributed by atoms with Gasteiger partial charge in [-0.25, -0.2) is 0 Å². The van der Waals surface area contributed by atoms with Gasteiger partial charge < -0.3 is 9.47 Å². The highest BCUT2D eigenvalue weighted by Gasteiger charge is 2.19. The molecule has 0 N–H and O–H groups in total. The summed E-state index contributed by atoms with van der Waals surface area (Å²) in [5.74, 6) is -0.0654. The summed E-state index contributed by atoms with van der Waals surface area (Å²) in [6.45, 7) is 7.41. The number of hydrogen-bond acceptors (Lipinski definition) is 4. The van der Waals surface area contributed by atoms with E-state index >= 15 is 0 Å². The van der Waals surface area contributed by atoms with Crippen LogP contribution >= 0.6 is 0 Å². The Morgan fingerprint density at radius 2 is 2.00 bits per heavy atom. The number of Topliss-reactive ketones (excluding diaryl/α,β-unsaturated/α-hetero) is 1. The van der Waals surface area contributed by atoms with Crippen LogP contribution in [0.25, 0.3) is 0 Å². The third-order valence-electron chi connectivity index (χ3n) is 2.29. The standard InChI is InChI=1S/C12H20N2O3/c1-4-14-9-10(8-13-14)7-11(15)12(16-5-2)17-6-3/h8-9,12H,4-7H2,1-3H3. The molecule has 0 aliphatic carbocycles. The minimum atomic E-state index is -0.755. The lowest BCUT2D eigenvalue weighted by Gasteiger charge is -2.14. The predicted octanol–water partition coefficient (Wildman–Crippen LogP) is 1.41. The predicted molar refractivity (Wildman–Crippen MR) is 63.7 cm³/mol. The van der Waals surface area contributed by atoms with Crippen LogP contribution < -0.4 is 0 Å². The Bertz CT molecular complexity index is 343. The molecule has 0 aliphatic heterocycles. The van der Waals surface area contributed by atoms with Gasteiger partial charge in [-0.15, -0.1) is 0 Å². The Kier molecular flexibility index (Phi) is 5.86. The summed E-state index contributed by atoms with van der Waals surface area (Å²) < 4.78 is 12.3. The number of nitrogens with zero attached hydrogens (tertiary/aromatic N) is 2. The maximum atomic E-state index is 11.9. The van der Waals surface area contributed by atoms with Crippen molar-refractivity contribution in [2.75, 3.05) is 13.2 Å². The second-order valence-electron chi connectivity index (χ2n) is 3.59. The second-order valence-corrected chi connectivity index (χ2v) is 3.59. The SMILES string of the molecule is CCOC(OCC)C(=O)Cc1cnn(CC)c1. The summed E-state index contributed by atoms with van der Waals surface area (Å²) >= 11 is 0. The van der Waals surface area contributed by atoms with E-state index in [2.05, 4.69) is 5.10 Å². The maximum absolute atomic E-state index is 11.9. The lowest BCUT2D eigenvalue weighted by molar-refractivity contribution is -0.167. The number of aromatic nitrogens is 2. The van der Waals surface area contributed by atoms with E-state index in [-0.39, 0.29) is 5.78 Å². The molecular weight excluding hydrogens is 220 g/mol. The summed E-state index contributed by atoms with van der Waals surface area (Å²) in [5, 5.41) is 4.12. The van der Waals surface area contributed by atoms with Crippen LogP contribution in [0.3, 0.4) is 0 Å². The van der Waals surface area contributed by atoms with Crippen molar-refractivity contribution < 1.29 is 14.3 Å². The van der Waals surface area contributed by atoms with E-state index in [0.717, 1.165) is 12.1 Å². The Balaban J connectivity index is 2.56. The molecule has 0 aromatic carbocycles. The zero-order valence-electron chi connectivity index (χ0n) is 10.7. The summed E-state index contributed by atoms with van der Waals surface area (Å²) in [6.07, 6.45) is 3.11. The molecule has 1 rings (SSSR count). The monoisotopic (exact) mass is 240 g/mol. The molecule has 1 heterocycles. The van der Waals surface area contributed by atoms with Gasteiger partial charge in [-0.2, -0.15) is 5.10 Å². The number of rotatable bonds is 8. The Hall–Kier alpha value is -1.20. The molecule has 1 aromatic rings. The van der Waals surface area contributed by atoms with Gasteiger partial charge in [0, 0.05) is 32.4 Å². The first-order chi connectivity index (χ1) is 8.21. The third-order valence-corrected chi connectivity index (χ3v) is 2.29. The van der Waals surface area contributed by atoms with E-state index in [1.54, 1.807) is 10.9 Å². The zero-order valence-corrected chi connectivity index (χ0v) is 10.7. The van der Waals surface area contributed by atoms with Crippen LogP contribution in [-0.2, 0) is 27.2 Å². The highest BCUT2D eigenvalue weighted by molar-refractivity contribution is 5.83. The molecule has 0 unspecified atom stereocenters. The third kappa shape index (κ3) is 4.28. The lowest BCUT2D eigenvalue weighted by atomic mass is 10.2. The molecule has 0 radical (unpaired) electrons. The maximum Gasteiger partial charge on any atom is 0.218 e. The summed E-state index contributed by atoms with van der Waals surface area (Å²) in [6, 6.07) is 0. The minimum absolute atomic E-state index is 0.0654. The van der Waals surface area contributed by atoms with Gasteiger partial charge in [-0.1, -0.05) is 0 Å². The van der Waals surface area contributed by atoms with E-state index in [1.165, 1.54) is 0 Å². The van der Waals surface area contributed by atoms with Gasteiger partial charge in [0.15, 0.2) is 5.78 Å². The second kappa shape index (κ2) is 7.19. The molecule has 0 bridgehead atoms. The molecule has 0 saturated carbocycles.